The van der Waals surface area contributed by atoms with Crippen molar-refractivity contribution >= 4 is 11.8 Å². The SMILES string of the molecule is O=C1c2ccccc2C(=O)N1CCC=CCC(F)(F)F. The standard InChI is InChI=1S/C14H12F3NO2/c15-14(16,17)8-4-1-5-9-18-12(19)10-6-2-3-7-11(10)13(18)20/h1-4,6-7H,5,8-9H2. The molecule has 0 aromatic heterocycles. The maximum atomic E-state index is 11.9. The summed E-state index contributed by atoms with van der Waals surface area (Å²) in [5, 5.41) is 0. The zero-order valence-corrected chi connectivity index (χ0v) is 10.5. The lowest BCUT2D eigenvalue weighted by Crippen LogP contribution is -2.30. The van der Waals surface area contributed by atoms with Gasteiger partial charge in [0.05, 0.1) is 17.5 Å². The Kier molecular flexibility index (Phi) is 3.92. The summed E-state index contributed by atoms with van der Waals surface area (Å²) in [6.45, 7) is 0.0840. The molecular formula is C14H12F3NO2. The molecule has 1 aliphatic rings. The molecule has 6 heteroatoms. The van der Waals surface area contributed by atoms with Gasteiger partial charge >= 0.3 is 6.18 Å². The molecule has 106 valence electrons. The third-order valence-corrected chi connectivity index (χ3v) is 2.91. The van der Waals surface area contributed by atoms with Crippen LogP contribution >= 0.6 is 0 Å². The van der Waals surface area contributed by atoms with Crippen molar-refractivity contribution in [2.45, 2.75) is 19.0 Å². The molecule has 0 atom stereocenters. The number of hydrogen-bond acceptors (Lipinski definition) is 2. The Morgan fingerprint density at radius 2 is 1.55 bits per heavy atom. The first-order chi connectivity index (χ1) is 9.40. The van der Waals surface area contributed by atoms with Crippen LogP contribution in [0.25, 0.3) is 0 Å². The number of nitrogens with zero attached hydrogens (tertiary/aromatic N) is 1. The fraction of sp³-hybridized carbons (Fsp3) is 0.286. The Morgan fingerprint density at radius 1 is 1.00 bits per heavy atom. The van der Waals surface area contributed by atoms with Crippen molar-refractivity contribution in [3.8, 4) is 0 Å². The molecule has 0 spiro atoms. The Bertz CT molecular complexity index is 529. The molecular weight excluding hydrogens is 271 g/mol. The van der Waals surface area contributed by atoms with Gasteiger partial charge in [0, 0.05) is 6.54 Å². The molecule has 1 aromatic rings. The maximum Gasteiger partial charge on any atom is 0.392 e. The Balaban J connectivity index is 1.93. The summed E-state index contributed by atoms with van der Waals surface area (Å²) >= 11 is 0. The van der Waals surface area contributed by atoms with Crippen molar-refractivity contribution < 1.29 is 22.8 Å². The number of fused-ring (bicyclic) bond motifs is 1. The molecule has 0 N–H and O–H groups in total. The average molecular weight is 283 g/mol. The van der Waals surface area contributed by atoms with Gasteiger partial charge in [-0.3, -0.25) is 14.5 Å². The van der Waals surface area contributed by atoms with Crippen LogP contribution < -0.4 is 0 Å². The van der Waals surface area contributed by atoms with Gasteiger partial charge in [-0.05, 0) is 18.6 Å². The number of carbonyl (C=O) groups is 2. The molecule has 2 rings (SSSR count). The predicted octanol–water partition coefficient (Wildman–Crippen LogP) is 3.18. The van der Waals surface area contributed by atoms with E-state index in [0.29, 0.717) is 11.1 Å². The molecule has 0 saturated carbocycles. The number of alkyl halides is 3. The molecule has 1 heterocycles. The second-order valence-electron chi connectivity index (χ2n) is 4.39. The van der Waals surface area contributed by atoms with Crippen LogP contribution in [0.5, 0.6) is 0 Å². The van der Waals surface area contributed by atoms with Gasteiger partial charge in [0.1, 0.15) is 0 Å². The molecule has 0 saturated heterocycles. The van der Waals surface area contributed by atoms with E-state index in [4.69, 9.17) is 0 Å². The molecule has 20 heavy (non-hydrogen) atoms. The number of benzene rings is 1. The van der Waals surface area contributed by atoms with Crippen molar-refractivity contribution in [3.05, 3.63) is 47.5 Å². The first-order valence-electron chi connectivity index (χ1n) is 6.07. The molecule has 0 radical (unpaired) electrons. The smallest absolute Gasteiger partial charge is 0.274 e. The summed E-state index contributed by atoms with van der Waals surface area (Å²) in [7, 11) is 0. The van der Waals surface area contributed by atoms with Crippen molar-refractivity contribution in [1.82, 2.24) is 4.90 Å². The zero-order chi connectivity index (χ0) is 14.8. The summed E-state index contributed by atoms with van der Waals surface area (Å²) in [5.41, 5.74) is 0.688. The molecule has 3 nitrogen and oxygen atoms in total. The molecule has 1 aromatic carbocycles. The van der Waals surface area contributed by atoms with E-state index < -0.39 is 24.4 Å². The third kappa shape index (κ3) is 3.07. The average Bonchev–Trinajstić information content (AvgIpc) is 2.62. The highest BCUT2D eigenvalue weighted by Crippen LogP contribution is 2.23. The number of carbonyl (C=O) groups excluding carboxylic acids is 2. The van der Waals surface area contributed by atoms with Gasteiger partial charge in [-0.25, -0.2) is 0 Å². The minimum absolute atomic E-state index is 0.0840. The van der Waals surface area contributed by atoms with Crippen LogP contribution in [0.15, 0.2) is 36.4 Å². The quantitative estimate of drug-likeness (QED) is 0.628. The van der Waals surface area contributed by atoms with Crippen LogP contribution in [-0.2, 0) is 0 Å². The Morgan fingerprint density at radius 3 is 2.05 bits per heavy atom. The summed E-state index contributed by atoms with van der Waals surface area (Å²) in [6.07, 6.45) is -2.70. The van der Waals surface area contributed by atoms with E-state index in [2.05, 4.69) is 0 Å². The fourth-order valence-electron chi connectivity index (χ4n) is 1.98. The lowest BCUT2D eigenvalue weighted by molar-refractivity contribution is -0.125. The van der Waals surface area contributed by atoms with E-state index in [0.717, 1.165) is 11.0 Å². The number of hydrogen-bond donors (Lipinski definition) is 0. The van der Waals surface area contributed by atoms with E-state index in [1.807, 2.05) is 0 Å². The summed E-state index contributed by atoms with van der Waals surface area (Å²) in [4.78, 5) is 24.9. The van der Waals surface area contributed by atoms with Crippen molar-refractivity contribution in [2.75, 3.05) is 6.54 Å². The van der Waals surface area contributed by atoms with Crippen LogP contribution in [0.4, 0.5) is 13.2 Å². The minimum atomic E-state index is -4.23. The fourth-order valence-corrected chi connectivity index (χ4v) is 1.98. The van der Waals surface area contributed by atoms with Crippen molar-refractivity contribution in [1.29, 1.82) is 0 Å². The van der Waals surface area contributed by atoms with Crippen LogP contribution in [0, 0.1) is 0 Å². The molecule has 0 aliphatic carbocycles. The first kappa shape index (κ1) is 14.3. The second kappa shape index (κ2) is 5.48. The Labute approximate surface area is 113 Å². The van der Waals surface area contributed by atoms with Gasteiger partial charge in [-0.15, -0.1) is 0 Å². The normalized spacial score (nSPS) is 15.2. The largest absolute Gasteiger partial charge is 0.392 e. The second-order valence-corrected chi connectivity index (χ2v) is 4.39. The van der Waals surface area contributed by atoms with Crippen LogP contribution in [-0.4, -0.2) is 29.4 Å². The van der Waals surface area contributed by atoms with E-state index in [1.165, 1.54) is 6.08 Å². The summed E-state index contributed by atoms with van der Waals surface area (Å²) in [6, 6.07) is 6.46. The number of rotatable bonds is 4. The predicted molar refractivity (Wildman–Crippen MR) is 66.2 cm³/mol. The molecule has 0 bridgehead atoms. The highest BCUT2D eigenvalue weighted by atomic mass is 19.4. The van der Waals surface area contributed by atoms with E-state index in [1.54, 1.807) is 24.3 Å². The highest BCUT2D eigenvalue weighted by molar-refractivity contribution is 6.21. The molecule has 2 amide bonds. The number of allylic oxidation sites excluding steroid dienone is 1. The summed E-state index contributed by atoms with van der Waals surface area (Å²) in [5.74, 6) is -0.787. The van der Waals surface area contributed by atoms with E-state index in [-0.39, 0.29) is 13.0 Å². The zero-order valence-electron chi connectivity index (χ0n) is 10.5. The first-order valence-corrected chi connectivity index (χ1v) is 6.07. The third-order valence-electron chi connectivity index (χ3n) is 2.91. The van der Waals surface area contributed by atoms with Crippen molar-refractivity contribution in [2.24, 2.45) is 0 Å². The van der Waals surface area contributed by atoms with Gasteiger partial charge in [0.15, 0.2) is 0 Å². The number of imide groups is 1. The van der Waals surface area contributed by atoms with Gasteiger partial charge in [0.25, 0.3) is 11.8 Å². The van der Waals surface area contributed by atoms with Crippen molar-refractivity contribution in [3.63, 3.8) is 0 Å². The molecule has 0 fully saturated rings. The molecule has 0 unspecified atom stereocenters. The monoisotopic (exact) mass is 283 g/mol. The van der Waals surface area contributed by atoms with Gasteiger partial charge in [-0.1, -0.05) is 24.3 Å². The Hall–Kier alpha value is -2.11. The highest BCUT2D eigenvalue weighted by Gasteiger charge is 2.34. The number of halogens is 3. The van der Waals surface area contributed by atoms with Crippen LogP contribution in [0.1, 0.15) is 33.6 Å². The van der Waals surface area contributed by atoms with E-state index in [9.17, 15) is 22.8 Å². The lowest BCUT2D eigenvalue weighted by Gasteiger charge is -2.11. The van der Waals surface area contributed by atoms with Crippen LogP contribution in [0.2, 0.25) is 0 Å². The maximum absolute atomic E-state index is 11.9. The minimum Gasteiger partial charge on any atom is -0.274 e. The van der Waals surface area contributed by atoms with Crippen LogP contribution in [0.3, 0.4) is 0 Å². The topological polar surface area (TPSA) is 37.4 Å². The van der Waals surface area contributed by atoms with E-state index >= 15 is 0 Å². The van der Waals surface area contributed by atoms with Gasteiger partial charge in [0.2, 0.25) is 0 Å². The lowest BCUT2D eigenvalue weighted by atomic mass is 10.1. The summed E-state index contributed by atoms with van der Waals surface area (Å²) < 4.78 is 35.8. The number of amides is 2. The molecule has 1 aliphatic heterocycles. The van der Waals surface area contributed by atoms with Gasteiger partial charge < -0.3 is 0 Å². The van der Waals surface area contributed by atoms with Gasteiger partial charge in [-0.2, -0.15) is 13.2 Å².